The number of carbonyl (C=O) groups excluding carboxylic acids is 1. The summed E-state index contributed by atoms with van der Waals surface area (Å²) in [5.41, 5.74) is 0.350. The standard InChI is InChI=1S/C14H25N5O/c1-6-15-12-8-16-11(7-17-12)13(20)18-9-14(2,3)10-19(4)5/h7-8H,6,9-10H2,1-5H3,(H,15,17)(H,18,20). The molecule has 6 heteroatoms. The second-order valence-corrected chi connectivity index (χ2v) is 5.90. The van der Waals surface area contributed by atoms with E-state index in [1.807, 2.05) is 21.0 Å². The molecule has 1 aromatic heterocycles. The Morgan fingerprint density at radius 1 is 1.30 bits per heavy atom. The Bertz CT molecular complexity index is 428. The Kier molecular flexibility index (Phi) is 5.88. The van der Waals surface area contributed by atoms with Gasteiger partial charge in [0.1, 0.15) is 11.5 Å². The average Bonchev–Trinajstić information content (AvgIpc) is 2.36. The van der Waals surface area contributed by atoms with Gasteiger partial charge in [-0.15, -0.1) is 0 Å². The number of hydrogen-bond acceptors (Lipinski definition) is 5. The lowest BCUT2D eigenvalue weighted by Gasteiger charge is -2.28. The topological polar surface area (TPSA) is 70.2 Å². The van der Waals surface area contributed by atoms with Gasteiger partial charge in [0.2, 0.25) is 0 Å². The van der Waals surface area contributed by atoms with Gasteiger partial charge in [-0.3, -0.25) is 4.79 Å². The Balaban J connectivity index is 2.54. The third-order valence-electron chi connectivity index (χ3n) is 2.71. The molecule has 0 aliphatic heterocycles. The predicted octanol–water partition coefficient (Wildman–Crippen LogP) is 1.23. The van der Waals surface area contributed by atoms with Gasteiger partial charge in [-0.25, -0.2) is 9.97 Å². The van der Waals surface area contributed by atoms with Crippen LogP contribution in [-0.2, 0) is 0 Å². The van der Waals surface area contributed by atoms with E-state index in [2.05, 4.69) is 39.3 Å². The minimum atomic E-state index is -0.188. The zero-order valence-electron chi connectivity index (χ0n) is 13.0. The first-order valence-corrected chi connectivity index (χ1v) is 6.83. The van der Waals surface area contributed by atoms with Crippen LogP contribution in [0, 0.1) is 5.41 Å². The van der Waals surface area contributed by atoms with E-state index in [1.54, 1.807) is 6.20 Å². The van der Waals surface area contributed by atoms with E-state index in [9.17, 15) is 4.79 Å². The van der Waals surface area contributed by atoms with E-state index in [0.29, 0.717) is 18.1 Å². The van der Waals surface area contributed by atoms with Crippen LogP contribution in [0.4, 0.5) is 5.82 Å². The summed E-state index contributed by atoms with van der Waals surface area (Å²) in [4.78, 5) is 22.4. The molecule has 6 nitrogen and oxygen atoms in total. The van der Waals surface area contributed by atoms with Crippen molar-refractivity contribution in [2.24, 2.45) is 5.41 Å². The fourth-order valence-corrected chi connectivity index (χ4v) is 2.04. The number of aromatic nitrogens is 2. The van der Waals surface area contributed by atoms with Crippen molar-refractivity contribution in [3.8, 4) is 0 Å². The van der Waals surface area contributed by atoms with Crippen molar-refractivity contribution >= 4 is 11.7 Å². The van der Waals surface area contributed by atoms with Crippen LogP contribution in [0.1, 0.15) is 31.3 Å². The number of rotatable bonds is 7. The molecule has 20 heavy (non-hydrogen) atoms. The number of carbonyl (C=O) groups is 1. The molecule has 0 saturated heterocycles. The Morgan fingerprint density at radius 3 is 2.50 bits per heavy atom. The molecule has 0 bridgehead atoms. The lowest BCUT2D eigenvalue weighted by Crippen LogP contribution is -2.40. The van der Waals surface area contributed by atoms with Gasteiger partial charge < -0.3 is 15.5 Å². The molecule has 0 fully saturated rings. The molecule has 0 spiro atoms. The third-order valence-corrected chi connectivity index (χ3v) is 2.71. The molecular formula is C14H25N5O. The quantitative estimate of drug-likeness (QED) is 0.785. The summed E-state index contributed by atoms with van der Waals surface area (Å²) in [7, 11) is 4.04. The summed E-state index contributed by atoms with van der Waals surface area (Å²) < 4.78 is 0. The summed E-state index contributed by atoms with van der Waals surface area (Å²) in [6.45, 7) is 8.49. The fraction of sp³-hybridized carbons (Fsp3) is 0.643. The summed E-state index contributed by atoms with van der Waals surface area (Å²) in [5, 5.41) is 5.95. The summed E-state index contributed by atoms with van der Waals surface area (Å²) in [5.74, 6) is 0.490. The third kappa shape index (κ3) is 5.52. The van der Waals surface area contributed by atoms with Crippen LogP contribution in [-0.4, -0.2) is 54.5 Å². The first-order valence-electron chi connectivity index (χ1n) is 6.83. The number of hydrogen-bond donors (Lipinski definition) is 2. The van der Waals surface area contributed by atoms with Crippen LogP contribution in [0.3, 0.4) is 0 Å². The summed E-state index contributed by atoms with van der Waals surface area (Å²) >= 11 is 0. The molecule has 112 valence electrons. The highest BCUT2D eigenvalue weighted by Crippen LogP contribution is 2.14. The van der Waals surface area contributed by atoms with Crippen LogP contribution < -0.4 is 10.6 Å². The van der Waals surface area contributed by atoms with Gasteiger partial charge in [-0.05, 0) is 26.4 Å². The van der Waals surface area contributed by atoms with Gasteiger partial charge >= 0.3 is 0 Å². The van der Waals surface area contributed by atoms with Crippen molar-refractivity contribution in [2.45, 2.75) is 20.8 Å². The molecule has 2 N–H and O–H groups in total. The van der Waals surface area contributed by atoms with E-state index in [0.717, 1.165) is 13.1 Å². The van der Waals surface area contributed by atoms with Gasteiger partial charge in [-0.2, -0.15) is 0 Å². The Labute approximate surface area is 121 Å². The lowest BCUT2D eigenvalue weighted by molar-refractivity contribution is 0.0924. The van der Waals surface area contributed by atoms with Gasteiger partial charge in [0, 0.05) is 19.6 Å². The molecule has 0 aliphatic carbocycles. The maximum atomic E-state index is 12.0. The van der Waals surface area contributed by atoms with Crippen LogP contribution in [0.5, 0.6) is 0 Å². The van der Waals surface area contributed by atoms with Gasteiger partial charge in [-0.1, -0.05) is 13.8 Å². The smallest absolute Gasteiger partial charge is 0.271 e. The van der Waals surface area contributed by atoms with E-state index in [4.69, 9.17) is 0 Å². The molecular weight excluding hydrogens is 254 g/mol. The normalized spacial score (nSPS) is 11.5. The van der Waals surface area contributed by atoms with E-state index in [1.165, 1.54) is 6.20 Å². The largest absolute Gasteiger partial charge is 0.369 e. The number of nitrogens with one attached hydrogen (secondary N) is 2. The second kappa shape index (κ2) is 7.19. The van der Waals surface area contributed by atoms with Gasteiger partial charge in [0.25, 0.3) is 5.91 Å². The van der Waals surface area contributed by atoms with E-state index < -0.39 is 0 Å². The second-order valence-electron chi connectivity index (χ2n) is 5.90. The van der Waals surface area contributed by atoms with E-state index >= 15 is 0 Å². The highest BCUT2D eigenvalue weighted by Gasteiger charge is 2.20. The number of anilines is 1. The van der Waals surface area contributed by atoms with Crippen molar-refractivity contribution in [2.75, 3.05) is 39.0 Å². The van der Waals surface area contributed by atoms with Crippen LogP contribution in [0.2, 0.25) is 0 Å². The first-order chi connectivity index (χ1) is 9.34. The molecule has 0 unspecified atom stereocenters. The van der Waals surface area contributed by atoms with Crippen LogP contribution in [0.25, 0.3) is 0 Å². The average molecular weight is 279 g/mol. The van der Waals surface area contributed by atoms with Crippen molar-refractivity contribution in [3.05, 3.63) is 18.1 Å². The fourth-order valence-electron chi connectivity index (χ4n) is 2.04. The SMILES string of the molecule is CCNc1cnc(C(=O)NCC(C)(C)CN(C)C)cn1. The Hall–Kier alpha value is -1.69. The molecule has 0 aliphatic rings. The van der Waals surface area contributed by atoms with Crippen molar-refractivity contribution < 1.29 is 4.79 Å². The van der Waals surface area contributed by atoms with Crippen molar-refractivity contribution in [3.63, 3.8) is 0 Å². The molecule has 1 rings (SSSR count). The monoisotopic (exact) mass is 279 g/mol. The van der Waals surface area contributed by atoms with Crippen LogP contribution in [0.15, 0.2) is 12.4 Å². The lowest BCUT2D eigenvalue weighted by atomic mass is 9.93. The maximum Gasteiger partial charge on any atom is 0.271 e. The zero-order valence-corrected chi connectivity index (χ0v) is 13.0. The highest BCUT2D eigenvalue weighted by molar-refractivity contribution is 5.92. The van der Waals surface area contributed by atoms with Crippen LogP contribution >= 0.6 is 0 Å². The first kappa shape index (κ1) is 16.4. The molecule has 1 aromatic rings. The zero-order chi connectivity index (χ0) is 15.2. The molecule has 0 aromatic carbocycles. The highest BCUT2D eigenvalue weighted by atomic mass is 16.1. The summed E-state index contributed by atoms with van der Waals surface area (Å²) in [6.07, 6.45) is 3.07. The van der Waals surface area contributed by atoms with Crippen molar-refractivity contribution in [1.29, 1.82) is 0 Å². The Morgan fingerprint density at radius 2 is 2.00 bits per heavy atom. The molecule has 1 amide bonds. The molecule has 1 heterocycles. The minimum Gasteiger partial charge on any atom is -0.369 e. The summed E-state index contributed by atoms with van der Waals surface area (Å²) in [6, 6.07) is 0. The predicted molar refractivity (Wildman–Crippen MR) is 80.9 cm³/mol. The minimum absolute atomic E-state index is 0.0102. The molecule has 0 saturated carbocycles. The van der Waals surface area contributed by atoms with Gasteiger partial charge in [0.05, 0.1) is 12.4 Å². The van der Waals surface area contributed by atoms with Gasteiger partial charge in [0.15, 0.2) is 0 Å². The number of nitrogens with zero attached hydrogens (tertiary/aromatic N) is 3. The maximum absolute atomic E-state index is 12.0. The number of amides is 1. The van der Waals surface area contributed by atoms with Crippen molar-refractivity contribution in [1.82, 2.24) is 20.2 Å². The van der Waals surface area contributed by atoms with E-state index in [-0.39, 0.29) is 11.3 Å². The molecule has 0 atom stereocenters. The molecule has 0 radical (unpaired) electrons.